The van der Waals surface area contributed by atoms with Crippen molar-refractivity contribution in [3.8, 4) is 11.5 Å². The van der Waals surface area contributed by atoms with Gasteiger partial charge in [-0.3, -0.25) is 4.79 Å². The minimum Gasteiger partial charge on any atom is -0.507 e. The van der Waals surface area contributed by atoms with Gasteiger partial charge in [0.05, 0.1) is 16.3 Å². The maximum Gasteiger partial charge on any atom is 0.275 e. The Hall–Kier alpha value is -2.24. The lowest BCUT2D eigenvalue weighted by Gasteiger charge is -2.08. The number of phenolic OH excluding ortho intramolecular Hbond substituents is 2. The third-order valence-electron chi connectivity index (χ3n) is 3.90. The number of aryl methyl sites for hydroxylation is 1. The Morgan fingerprint density at radius 2 is 1.92 bits per heavy atom. The van der Waals surface area contributed by atoms with Crippen molar-refractivity contribution >= 4 is 34.8 Å². The number of phenols is 2. The number of hydrogen-bond donors (Lipinski definition) is 3. The molecular formula is C17H14Cl2N2O3. The van der Waals surface area contributed by atoms with Gasteiger partial charge in [-0.15, -0.1) is 0 Å². The van der Waals surface area contributed by atoms with E-state index < -0.39 is 5.91 Å². The first-order chi connectivity index (χ1) is 11.4. The Bertz CT molecular complexity index is 879. The van der Waals surface area contributed by atoms with Crippen LogP contribution in [0, 0.1) is 6.92 Å². The predicted molar refractivity (Wildman–Crippen MR) is 93.3 cm³/mol. The smallest absolute Gasteiger partial charge is 0.275 e. The van der Waals surface area contributed by atoms with E-state index in [1.807, 2.05) is 6.92 Å². The van der Waals surface area contributed by atoms with Crippen molar-refractivity contribution in [1.82, 2.24) is 5.43 Å². The quantitative estimate of drug-likeness (QED) is 0.708. The first-order valence-corrected chi connectivity index (χ1v) is 8.00. The van der Waals surface area contributed by atoms with Gasteiger partial charge in [0.1, 0.15) is 11.5 Å². The molecule has 3 rings (SSSR count). The Kier molecular flexibility index (Phi) is 4.39. The van der Waals surface area contributed by atoms with Gasteiger partial charge >= 0.3 is 0 Å². The van der Waals surface area contributed by atoms with Crippen LogP contribution in [0.3, 0.4) is 0 Å². The molecule has 0 fully saturated rings. The first kappa shape index (κ1) is 16.6. The fourth-order valence-corrected chi connectivity index (χ4v) is 3.25. The van der Waals surface area contributed by atoms with Gasteiger partial charge in [0.2, 0.25) is 0 Å². The molecule has 24 heavy (non-hydrogen) atoms. The van der Waals surface area contributed by atoms with Gasteiger partial charge in [0.15, 0.2) is 0 Å². The van der Waals surface area contributed by atoms with Gasteiger partial charge < -0.3 is 10.2 Å². The molecule has 2 aromatic rings. The van der Waals surface area contributed by atoms with Crippen molar-refractivity contribution < 1.29 is 15.0 Å². The third kappa shape index (κ3) is 2.92. The summed E-state index contributed by atoms with van der Waals surface area (Å²) < 4.78 is 0. The largest absolute Gasteiger partial charge is 0.507 e. The Morgan fingerprint density at radius 1 is 1.17 bits per heavy atom. The second-order valence-electron chi connectivity index (χ2n) is 5.56. The molecule has 0 saturated heterocycles. The summed E-state index contributed by atoms with van der Waals surface area (Å²) >= 11 is 12.1. The number of carbonyl (C=O) groups is 1. The Morgan fingerprint density at radius 3 is 2.62 bits per heavy atom. The average molecular weight is 365 g/mol. The van der Waals surface area contributed by atoms with Crippen molar-refractivity contribution in [1.29, 1.82) is 0 Å². The highest BCUT2D eigenvalue weighted by molar-refractivity contribution is 6.37. The van der Waals surface area contributed by atoms with Crippen molar-refractivity contribution in [3.05, 3.63) is 56.6 Å². The number of halogens is 2. The normalized spacial score (nSPS) is 14.7. The average Bonchev–Trinajstić information content (AvgIpc) is 2.95. The molecule has 2 aromatic carbocycles. The molecule has 0 aliphatic heterocycles. The minimum atomic E-state index is -0.541. The van der Waals surface area contributed by atoms with Gasteiger partial charge in [0.25, 0.3) is 5.91 Å². The van der Waals surface area contributed by atoms with Gasteiger partial charge in [-0.05, 0) is 49.1 Å². The summed E-state index contributed by atoms with van der Waals surface area (Å²) in [5.74, 6) is -0.755. The Balaban J connectivity index is 1.89. The van der Waals surface area contributed by atoms with Crippen LogP contribution in [0.5, 0.6) is 11.5 Å². The van der Waals surface area contributed by atoms with Crippen LogP contribution in [0.4, 0.5) is 0 Å². The van der Waals surface area contributed by atoms with Crippen molar-refractivity contribution in [2.45, 2.75) is 19.8 Å². The number of benzene rings is 2. The van der Waals surface area contributed by atoms with Crippen LogP contribution in [0.25, 0.3) is 0 Å². The van der Waals surface area contributed by atoms with E-state index in [1.165, 1.54) is 18.2 Å². The molecule has 1 aliphatic rings. The van der Waals surface area contributed by atoms with E-state index in [9.17, 15) is 15.0 Å². The SMILES string of the molecule is Cc1ccc(C(=O)N/N=C2\CCc3c(Cl)cc(Cl)c(O)c32)c(O)c1. The number of hydrazone groups is 1. The minimum absolute atomic E-state index is 0.0975. The highest BCUT2D eigenvalue weighted by atomic mass is 35.5. The second kappa shape index (κ2) is 6.34. The molecule has 0 heterocycles. The summed E-state index contributed by atoms with van der Waals surface area (Å²) in [6, 6.07) is 6.23. The monoisotopic (exact) mass is 364 g/mol. The van der Waals surface area contributed by atoms with E-state index in [-0.39, 0.29) is 22.1 Å². The lowest BCUT2D eigenvalue weighted by atomic mass is 10.1. The molecule has 0 aromatic heterocycles. The fourth-order valence-electron chi connectivity index (χ4n) is 2.70. The molecule has 0 spiro atoms. The van der Waals surface area contributed by atoms with E-state index in [4.69, 9.17) is 23.2 Å². The van der Waals surface area contributed by atoms with Crippen molar-refractivity contribution in [2.75, 3.05) is 0 Å². The molecule has 3 N–H and O–H groups in total. The molecule has 1 aliphatic carbocycles. The molecular weight excluding hydrogens is 351 g/mol. The second-order valence-corrected chi connectivity index (χ2v) is 6.38. The number of rotatable bonds is 2. The highest BCUT2D eigenvalue weighted by Crippen LogP contribution is 2.40. The summed E-state index contributed by atoms with van der Waals surface area (Å²) in [6.07, 6.45) is 1.12. The number of amides is 1. The third-order valence-corrected chi connectivity index (χ3v) is 4.52. The Labute approximate surface area is 148 Å². The van der Waals surface area contributed by atoms with Gasteiger partial charge in [-0.1, -0.05) is 29.3 Å². The molecule has 0 saturated carbocycles. The lowest BCUT2D eigenvalue weighted by Crippen LogP contribution is -2.19. The maximum atomic E-state index is 12.2. The molecule has 0 radical (unpaired) electrons. The summed E-state index contributed by atoms with van der Waals surface area (Å²) in [6.45, 7) is 1.81. The number of nitrogens with zero attached hydrogens (tertiary/aromatic N) is 1. The van der Waals surface area contributed by atoms with E-state index in [0.717, 1.165) is 11.1 Å². The molecule has 124 valence electrons. The number of nitrogens with one attached hydrogen (secondary N) is 1. The zero-order valence-electron chi connectivity index (χ0n) is 12.7. The first-order valence-electron chi connectivity index (χ1n) is 7.25. The van der Waals surface area contributed by atoms with E-state index >= 15 is 0 Å². The van der Waals surface area contributed by atoms with Crippen LogP contribution in [0.2, 0.25) is 10.0 Å². The number of hydrogen-bond acceptors (Lipinski definition) is 4. The summed E-state index contributed by atoms with van der Waals surface area (Å²) in [4.78, 5) is 12.2. The van der Waals surface area contributed by atoms with Gasteiger partial charge in [0, 0.05) is 10.6 Å². The molecule has 7 heteroatoms. The summed E-state index contributed by atoms with van der Waals surface area (Å²) in [5, 5.41) is 24.7. The zero-order valence-corrected chi connectivity index (χ0v) is 14.2. The zero-order chi connectivity index (χ0) is 17.4. The van der Waals surface area contributed by atoms with Gasteiger partial charge in [-0.2, -0.15) is 5.10 Å². The van der Waals surface area contributed by atoms with Gasteiger partial charge in [-0.25, -0.2) is 5.43 Å². The van der Waals surface area contributed by atoms with E-state index in [2.05, 4.69) is 10.5 Å². The summed E-state index contributed by atoms with van der Waals surface area (Å²) in [7, 11) is 0. The maximum absolute atomic E-state index is 12.2. The summed E-state index contributed by atoms with van der Waals surface area (Å²) in [5.41, 5.74) is 5.07. The predicted octanol–water partition coefficient (Wildman–Crippen LogP) is 3.79. The number of carbonyl (C=O) groups excluding carboxylic acids is 1. The number of aromatic hydroxyl groups is 2. The highest BCUT2D eigenvalue weighted by Gasteiger charge is 2.26. The van der Waals surface area contributed by atoms with Crippen LogP contribution in [0.15, 0.2) is 29.4 Å². The van der Waals surface area contributed by atoms with Crippen LogP contribution in [0.1, 0.15) is 33.5 Å². The van der Waals surface area contributed by atoms with Crippen molar-refractivity contribution in [3.63, 3.8) is 0 Å². The standard InChI is InChI=1S/C17H14Cl2N2O3/c1-8-2-3-10(14(22)6-8)17(24)21-20-13-5-4-9-11(18)7-12(19)16(23)15(9)13/h2-3,6-7,22-23H,4-5H2,1H3,(H,21,24)/b20-13+. The molecule has 0 atom stereocenters. The van der Waals surface area contributed by atoms with E-state index in [1.54, 1.807) is 6.07 Å². The van der Waals surface area contributed by atoms with Crippen LogP contribution >= 0.6 is 23.2 Å². The number of fused-ring (bicyclic) bond motifs is 1. The van der Waals surface area contributed by atoms with Crippen LogP contribution in [-0.2, 0) is 6.42 Å². The van der Waals surface area contributed by atoms with E-state index in [0.29, 0.717) is 29.1 Å². The fraction of sp³-hybridized carbons (Fsp3) is 0.176. The van der Waals surface area contributed by atoms with Crippen LogP contribution in [-0.4, -0.2) is 21.8 Å². The lowest BCUT2D eigenvalue weighted by molar-refractivity contribution is 0.0952. The van der Waals surface area contributed by atoms with Crippen molar-refractivity contribution in [2.24, 2.45) is 5.10 Å². The molecule has 0 unspecified atom stereocenters. The molecule has 0 bridgehead atoms. The molecule has 5 nitrogen and oxygen atoms in total. The topological polar surface area (TPSA) is 81.9 Å². The van der Waals surface area contributed by atoms with Crippen LogP contribution < -0.4 is 5.43 Å². The molecule has 1 amide bonds.